The van der Waals surface area contributed by atoms with E-state index < -0.39 is 5.76 Å². The molecule has 1 atom stereocenters. The number of hydrogen-bond acceptors (Lipinski definition) is 8. The van der Waals surface area contributed by atoms with Crippen molar-refractivity contribution in [3.05, 3.63) is 45.7 Å². The normalized spacial score (nSPS) is 21.4. The average Bonchev–Trinajstić information content (AvgIpc) is 3.54. The molecule has 0 spiro atoms. The Morgan fingerprint density at radius 3 is 2.62 bits per heavy atom. The fourth-order valence-corrected chi connectivity index (χ4v) is 6.21. The minimum absolute atomic E-state index is 0.148. The van der Waals surface area contributed by atoms with Crippen molar-refractivity contribution in [2.24, 2.45) is 17.8 Å². The van der Waals surface area contributed by atoms with Crippen LogP contribution in [-0.2, 0) is 16.0 Å². The lowest BCUT2D eigenvalue weighted by atomic mass is 9.83. The standard InChI is InChI=1S/C28H33ClN6O4/c1-16-6-8-17(9-7-16)15-35-22-21(19-4-3-5-20(29)14-19)30-25(26-33-28(36)39-34-26)31-24(22)32-27(35)23(37-2)18-10-12-38-13-11-18/h3-5,14,16-18,23H,6-13,15H2,1-2H3,(H,33,34,36). The number of methoxy groups -OCH3 is 1. The van der Waals surface area contributed by atoms with Gasteiger partial charge in [-0.05, 0) is 55.6 Å². The van der Waals surface area contributed by atoms with Crippen molar-refractivity contribution < 1.29 is 14.0 Å². The van der Waals surface area contributed by atoms with Gasteiger partial charge in [0.2, 0.25) is 11.6 Å². The number of nitrogens with zero attached hydrogens (tertiary/aromatic N) is 5. The van der Waals surface area contributed by atoms with Gasteiger partial charge in [0.05, 0.1) is 0 Å². The summed E-state index contributed by atoms with van der Waals surface area (Å²) < 4.78 is 18.8. The first kappa shape index (κ1) is 26.2. The molecule has 206 valence electrons. The molecule has 1 aliphatic carbocycles. The van der Waals surface area contributed by atoms with E-state index in [2.05, 4.69) is 21.6 Å². The van der Waals surface area contributed by atoms with Crippen molar-refractivity contribution in [3.63, 3.8) is 0 Å². The van der Waals surface area contributed by atoms with E-state index >= 15 is 0 Å². The molecular weight excluding hydrogens is 520 g/mol. The molecule has 2 aliphatic rings. The fourth-order valence-electron chi connectivity index (χ4n) is 6.02. The number of aromatic amines is 1. The van der Waals surface area contributed by atoms with Crippen molar-refractivity contribution >= 4 is 22.8 Å². The first-order chi connectivity index (χ1) is 19.0. The van der Waals surface area contributed by atoms with Gasteiger partial charge in [0.1, 0.15) is 23.1 Å². The van der Waals surface area contributed by atoms with Crippen LogP contribution in [0.2, 0.25) is 5.02 Å². The van der Waals surface area contributed by atoms with E-state index in [9.17, 15) is 4.79 Å². The van der Waals surface area contributed by atoms with Gasteiger partial charge in [-0.25, -0.2) is 19.7 Å². The number of rotatable bonds is 7. The Morgan fingerprint density at radius 1 is 1.13 bits per heavy atom. The van der Waals surface area contributed by atoms with Crippen LogP contribution in [0.4, 0.5) is 0 Å². The summed E-state index contributed by atoms with van der Waals surface area (Å²) >= 11 is 6.42. The lowest BCUT2D eigenvalue weighted by Crippen LogP contribution is -2.27. The molecule has 1 saturated carbocycles. The van der Waals surface area contributed by atoms with E-state index in [1.54, 1.807) is 7.11 Å². The van der Waals surface area contributed by atoms with Gasteiger partial charge in [0, 0.05) is 37.5 Å². The highest BCUT2D eigenvalue weighted by atomic mass is 35.5. The topological polar surface area (TPSA) is 121 Å². The van der Waals surface area contributed by atoms with Gasteiger partial charge in [0.25, 0.3) is 0 Å². The Bertz CT molecular complexity index is 1500. The maximum Gasteiger partial charge on any atom is 0.439 e. The molecule has 2 fully saturated rings. The quantitative estimate of drug-likeness (QED) is 0.322. The van der Waals surface area contributed by atoms with Gasteiger partial charge in [-0.15, -0.1) is 0 Å². The van der Waals surface area contributed by atoms with Gasteiger partial charge in [-0.3, -0.25) is 9.51 Å². The lowest BCUT2D eigenvalue weighted by Gasteiger charge is -2.31. The van der Waals surface area contributed by atoms with Crippen LogP contribution in [0, 0.1) is 17.8 Å². The van der Waals surface area contributed by atoms with E-state index in [4.69, 9.17) is 40.5 Å². The van der Waals surface area contributed by atoms with Gasteiger partial charge in [-0.1, -0.05) is 48.7 Å². The van der Waals surface area contributed by atoms with Crippen LogP contribution >= 0.6 is 11.6 Å². The fraction of sp³-hybridized carbons (Fsp3) is 0.536. The number of halogens is 1. The first-order valence-electron chi connectivity index (χ1n) is 13.7. The second kappa shape index (κ2) is 11.2. The Balaban J connectivity index is 1.57. The van der Waals surface area contributed by atoms with Crippen molar-refractivity contribution in [2.75, 3.05) is 20.3 Å². The summed E-state index contributed by atoms with van der Waals surface area (Å²) in [6.45, 7) is 4.56. The van der Waals surface area contributed by atoms with E-state index in [1.165, 1.54) is 25.7 Å². The predicted octanol–water partition coefficient (Wildman–Crippen LogP) is 5.43. The van der Waals surface area contributed by atoms with Crippen LogP contribution in [0.25, 0.3) is 34.1 Å². The minimum Gasteiger partial charge on any atom is -0.381 e. The summed E-state index contributed by atoms with van der Waals surface area (Å²) in [7, 11) is 1.75. The highest BCUT2D eigenvalue weighted by molar-refractivity contribution is 6.30. The number of fused-ring (bicyclic) bond motifs is 1. The molecule has 0 radical (unpaired) electrons. The molecule has 1 aromatic carbocycles. The molecule has 39 heavy (non-hydrogen) atoms. The van der Waals surface area contributed by atoms with E-state index in [-0.39, 0.29) is 23.7 Å². The maximum absolute atomic E-state index is 11.7. The monoisotopic (exact) mass is 552 g/mol. The summed E-state index contributed by atoms with van der Waals surface area (Å²) in [4.78, 5) is 29.1. The summed E-state index contributed by atoms with van der Waals surface area (Å²) in [5.74, 6) is 2.10. The first-order valence-corrected chi connectivity index (χ1v) is 14.1. The Labute approximate surface area is 231 Å². The second-order valence-corrected chi connectivity index (χ2v) is 11.3. The van der Waals surface area contributed by atoms with Gasteiger partial charge >= 0.3 is 5.76 Å². The third kappa shape index (κ3) is 5.37. The molecule has 6 rings (SSSR count). The van der Waals surface area contributed by atoms with Crippen LogP contribution in [-0.4, -0.2) is 50.0 Å². The molecule has 0 amide bonds. The zero-order chi connectivity index (χ0) is 26.9. The predicted molar refractivity (Wildman–Crippen MR) is 146 cm³/mol. The molecule has 4 heterocycles. The zero-order valence-corrected chi connectivity index (χ0v) is 23.0. The van der Waals surface area contributed by atoms with Crippen molar-refractivity contribution in [3.8, 4) is 22.9 Å². The SMILES string of the molecule is COC(c1nc2nc(-c3noc(=O)[nH]3)nc(-c3cccc(Cl)c3)c2n1CC1CCC(C)CC1)C1CCOCC1. The van der Waals surface area contributed by atoms with Gasteiger partial charge < -0.3 is 14.0 Å². The van der Waals surface area contributed by atoms with E-state index in [0.717, 1.165) is 42.2 Å². The number of nitrogens with one attached hydrogen (secondary N) is 1. The minimum atomic E-state index is -0.672. The molecule has 3 aromatic heterocycles. The number of H-pyrrole nitrogens is 1. The lowest BCUT2D eigenvalue weighted by molar-refractivity contribution is -0.0200. The molecule has 1 N–H and O–H groups in total. The van der Waals surface area contributed by atoms with Crippen LogP contribution in [0.5, 0.6) is 0 Å². The summed E-state index contributed by atoms with van der Waals surface area (Å²) in [5.41, 5.74) is 2.85. The largest absolute Gasteiger partial charge is 0.439 e. The number of ether oxygens (including phenoxy) is 2. The summed E-state index contributed by atoms with van der Waals surface area (Å²) in [5, 5.41) is 4.43. The van der Waals surface area contributed by atoms with Crippen molar-refractivity contribution in [1.29, 1.82) is 0 Å². The third-order valence-electron chi connectivity index (χ3n) is 8.16. The molecular formula is C28H33ClN6O4. The van der Waals surface area contributed by atoms with E-state index in [1.807, 2.05) is 24.3 Å². The molecule has 0 bridgehead atoms. The van der Waals surface area contributed by atoms with Gasteiger partial charge in [-0.2, -0.15) is 0 Å². The summed E-state index contributed by atoms with van der Waals surface area (Å²) in [6, 6.07) is 7.57. The van der Waals surface area contributed by atoms with Crippen LogP contribution in [0.3, 0.4) is 0 Å². The number of hydrogen-bond donors (Lipinski definition) is 1. The highest BCUT2D eigenvalue weighted by Crippen LogP contribution is 2.39. The second-order valence-electron chi connectivity index (χ2n) is 10.8. The number of aromatic nitrogens is 6. The molecule has 1 unspecified atom stereocenters. The maximum atomic E-state index is 11.7. The number of imidazole rings is 1. The zero-order valence-electron chi connectivity index (χ0n) is 22.2. The van der Waals surface area contributed by atoms with Crippen molar-refractivity contribution in [1.82, 2.24) is 29.7 Å². The molecule has 4 aromatic rings. The van der Waals surface area contributed by atoms with E-state index in [0.29, 0.717) is 35.5 Å². The van der Waals surface area contributed by atoms with Crippen LogP contribution in [0.1, 0.15) is 57.4 Å². The molecule has 11 heteroatoms. The Morgan fingerprint density at radius 2 is 1.92 bits per heavy atom. The summed E-state index contributed by atoms with van der Waals surface area (Å²) in [6.07, 6.45) is 6.38. The third-order valence-corrected chi connectivity index (χ3v) is 8.40. The Kier molecular flexibility index (Phi) is 7.51. The van der Waals surface area contributed by atoms with Crippen LogP contribution in [0.15, 0.2) is 33.6 Å². The Hall–Kier alpha value is -3.08. The molecule has 1 saturated heterocycles. The molecule has 1 aliphatic heterocycles. The molecule has 10 nitrogen and oxygen atoms in total. The average molecular weight is 553 g/mol. The van der Waals surface area contributed by atoms with Crippen molar-refractivity contribution in [2.45, 2.75) is 58.1 Å². The van der Waals surface area contributed by atoms with Gasteiger partial charge in [0.15, 0.2) is 5.65 Å². The van der Waals surface area contributed by atoms with Crippen LogP contribution < -0.4 is 5.76 Å². The number of benzene rings is 1. The smallest absolute Gasteiger partial charge is 0.381 e. The highest BCUT2D eigenvalue weighted by Gasteiger charge is 2.33.